The lowest BCUT2D eigenvalue weighted by molar-refractivity contribution is 0.116. The number of hydrogen-bond donors (Lipinski definition) is 2. The summed E-state index contributed by atoms with van der Waals surface area (Å²) >= 11 is 0. The standard InChI is InChI=1S/C8H13N3/c9-6-11-7-3-8(4-7)1-2-10-5-8/h7,10-11H,1-5H2. The summed E-state index contributed by atoms with van der Waals surface area (Å²) in [5.41, 5.74) is 0.564. The van der Waals surface area contributed by atoms with E-state index in [1.165, 1.54) is 25.8 Å². The lowest BCUT2D eigenvalue weighted by atomic mass is 9.65. The Kier molecular flexibility index (Phi) is 1.50. The third kappa shape index (κ3) is 1.08. The van der Waals surface area contributed by atoms with E-state index in [0.29, 0.717) is 11.5 Å². The highest BCUT2D eigenvalue weighted by Crippen LogP contribution is 2.45. The molecule has 60 valence electrons. The van der Waals surface area contributed by atoms with Gasteiger partial charge in [0.15, 0.2) is 6.19 Å². The van der Waals surface area contributed by atoms with E-state index in [4.69, 9.17) is 5.26 Å². The van der Waals surface area contributed by atoms with Gasteiger partial charge in [-0.05, 0) is 31.2 Å². The molecule has 2 rings (SSSR count). The largest absolute Gasteiger partial charge is 0.321 e. The summed E-state index contributed by atoms with van der Waals surface area (Å²) in [6, 6.07) is 0.472. The molecule has 3 nitrogen and oxygen atoms in total. The maximum Gasteiger partial charge on any atom is 0.176 e. The van der Waals surface area contributed by atoms with Gasteiger partial charge in [-0.3, -0.25) is 0 Å². The molecule has 3 heteroatoms. The van der Waals surface area contributed by atoms with Gasteiger partial charge in [-0.25, -0.2) is 0 Å². The molecule has 1 saturated heterocycles. The number of hydrogen-bond acceptors (Lipinski definition) is 3. The van der Waals surface area contributed by atoms with Crippen LogP contribution in [0.15, 0.2) is 0 Å². The van der Waals surface area contributed by atoms with Crippen molar-refractivity contribution in [1.82, 2.24) is 10.6 Å². The summed E-state index contributed by atoms with van der Waals surface area (Å²) in [7, 11) is 0. The maximum atomic E-state index is 8.36. The van der Waals surface area contributed by atoms with Gasteiger partial charge in [0, 0.05) is 12.6 Å². The fourth-order valence-corrected chi connectivity index (χ4v) is 2.32. The normalized spacial score (nSPS) is 41.5. The van der Waals surface area contributed by atoms with Crippen LogP contribution in [0.1, 0.15) is 19.3 Å². The van der Waals surface area contributed by atoms with Gasteiger partial charge in [0.05, 0.1) is 0 Å². The van der Waals surface area contributed by atoms with Crippen molar-refractivity contribution in [2.45, 2.75) is 25.3 Å². The van der Waals surface area contributed by atoms with Crippen LogP contribution in [0, 0.1) is 16.9 Å². The Morgan fingerprint density at radius 2 is 2.36 bits per heavy atom. The van der Waals surface area contributed by atoms with Gasteiger partial charge in [-0.2, -0.15) is 5.26 Å². The van der Waals surface area contributed by atoms with Gasteiger partial charge in [-0.15, -0.1) is 0 Å². The van der Waals surface area contributed by atoms with Gasteiger partial charge in [0.1, 0.15) is 0 Å². The Bertz CT molecular complexity index is 180. The minimum absolute atomic E-state index is 0.472. The van der Waals surface area contributed by atoms with Crippen LogP contribution in [-0.2, 0) is 0 Å². The number of nitriles is 1. The molecule has 2 N–H and O–H groups in total. The Labute approximate surface area is 66.8 Å². The average Bonchev–Trinajstić information content (AvgIpc) is 2.35. The molecule has 2 aliphatic rings. The van der Waals surface area contributed by atoms with E-state index in [1.807, 2.05) is 6.19 Å². The summed E-state index contributed by atoms with van der Waals surface area (Å²) in [5.74, 6) is 0. The lowest BCUT2D eigenvalue weighted by Crippen LogP contribution is -2.48. The third-order valence-corrected chi connectivity index (χ3v) is 2.96. The quantitative estimate of drug-likeness (QED) is 0.416. The van der Waals surface area contributed by atoms with Crippen molar-refractivity contribution in [3.8, 4) is 6.19 Å². The van der Waals surface area contributed by atoms with Crippen molar-refractivity contribution < 1.29 is 0 Å². The van der Waals surface area contributed by atoms with Crippen molar-refractivity contribution in [3.63, 3.8) is 0 Å². The average molecular weight is 151 g/mol. The molecule has 1 spiro atoms. The first-order chi connectivity index (χ1) is 5.35. The van der Waals surface area contributed by atoms with E-state index >= 15 is 0 Å². The summed E-state index contributed by atoms with van der Waals surface area (Å²) in [6.07, 6.45) is 5.68. The zero-order valence-corrected chi connectivity index (χ0v) is 6.56. The fourth-order valence-electron chi connectivity index (χ4n) is 2.32. The van der Waals surface area contributed by atoms with Gasteiger partial charge in [0.2, 0.25) is 0 Å². The number of nitrogens with zero attached hydrogens (tertiary/aromatic N) is 1. The molecule has 1 aliphatic carbocycles. The monoisotopic (exact) mass is 151 g/mol. The summed E-state index contributed by atoms with van der Waals surface area (Å²) < 4.78 is 0. The zero-order chi connectivity index (χ0) is 7.73. The Hall–Kier alpha value is -0.750. The molecule has 11 heavy (non-hydrogen) atoms. The molecule has 0 aromatic carbocycles. The zero-order valence-electron chi connectivity index (χ0n) is 6.56. The second-order valence-electron chi connectivity index (χ2n) is 3.79. The smallest absolute Gasteiger partial charge is 0.176 e. The van der Waals surface area contributed by atoms with E-state index in [2.05, 4.69) is 10.6 Å². The van der Waals surface area contributed by atoms with Gasteiger partial charge >= 0.3 is 0 Å². The third-order valence-electron chi connectivity index (χ3n) is 2.96. The van der Waals surface area contributed by atoms with E-state index < -0.39 is 0 Å². The number of rotatable bonds is 1. The molecule has 0 radical (unpaired) electrons. The van der Waals surface area contributed by atoms with Crippen LogP contribution < -0.4 is 10.6 Å². The van der Waals surface area contributed by atoms with Crippen molar-refractivity contribution in [2.75, 3.05) is 13.1 Å². The molecule has 0 amide bonds. The highest BCUT2D eigenvalue weighted by atomic mass is 15.0. The van der Waals surface area contributed by atoms with Crippen LogP contribution in [0.3, 0.4) is 0 Å². The molecule has 0 aromatic heterocycles. The van der Waals surface area contributed by atoms with Crippen molar-refractivity contribution in [1.29, 1.82) is 5.26 Å². The second kappa shape index (κ2) is 2.38. The van der Waals surface area contributed by atoms with Crippen molar-refractivity contribution in [2.24, 2.45) is 5.41 Å². The summed E-state index contributed by atoms with van der Waals surface area (Å²) in [4.78, 5) is 0. The Balaban J connectivity index is 1.82. The lowest BCUT2D eigenvalue weighted by Gasteiger charge is -2.44. The minimum atomic E-state index is 0.472. The summed E-state index contributed by atoms with van der Waals surface area (Å²) in [6.45, 7) is 2.33. The van der Waals surface area contributed by atoms with Crippen LogP contribution in [0.2, 0.25) is 0 Å². The maximum absolute atomic E-state index is 8.36. The number of nitrogens with one attached hydrogen (secondary N) is 2. The van der Waals surface area contributed by atoms with E-state index in [-0.39, 0.29) is 0 Å². The van der Waals surface area contributed by atoms with E-state index in [1.54, 1.807) is 0 Å². The van der Waals surface area contributed by atoms with Crippen molar-refractivity contribution >= 4 is 0 Å². The van der Waals surface area contributed by atoms with Crippen LogP contribution in [-0.4, -0.2) is 19.1 Å². The minimum Gasteiger partial charge on any atom is -0.321 e. The Morgan fingerprint density at radius 3 is 2.91 bits per heavy atom. The second-order valence-corrected chi connectivity index (χ2v) is 3.79. The molecule has 0 atom stereocenters. The highest BCUT2D eigenvalue weighted by molar-refractivity contribution is 5.03. The SMILES string of the molecule is N#CNC1CC2(CCNC2)C1. The van der Waals surface area contributed by atoms with Crippen molar-refractivity contribution in [3.05, 3.63) is 0 Å². The molecule has 2 fully saturated rings. The van der Waals surface area contributed by atoms with Crippen LogP contribution >= 0.6 is 0 Å². The first-order valence-electron chi connectivity index (χ1n) is 4.20. The fraction of sp³-hybridized carbons (Fsp3) is 0.875. The van der Waals surface area contributed by atoms with Crippen LogP contribution in [0.25, 0.3) is 0 Å². The first kappa shape index (κ1) is 6.93. The van der Waals surface area contributed by atoms with Crippen LogP contribution in [0.5, 0.6) is 0 Å². The molecule has 0 unspecified atom stereocenters. The van der Waals surface area contributed by atoms with Gasteiger partial charge in [-0.1, -0.05) is 0 Å². The molecule has 0 bridgehead atoms. The molecule has 1 saturated carbocycles. The molecule has 0 aromatic rings. The van der Waals surface area contributed by atoms with Gasteiger partial charge in [0.25, 0.3) is 0 Å². The topological polar surface area (TPSA) is 47.9 Å². The Morgan fingerprint density at radius 1 is 1.55 bits per heavy atom. The highest BCUT2D eigenvalue weighted by Gasteiger charge is 2.45. The predicted molar refractivity (Wildman–Crippen MR) is 41.7 cm³/mol. The molecular weight excluding hydrogens is 138 g/mol. The van der Waals surface area contributed by atoms with Crippen LogP contribution in [0.4, 0.5) is 0 Å². The molecule has 1 aliphatic heterocycles. The molecule has 1 heterocycles. The van der Waals surface area contributed by atoms with Gasteiger partial charge < -0.3 is 10.6 Å². The molecular formula is C8H13N3. The summed E-state index contributed by atoms with van der Waals surface area (Å²) in [5, 5.41) is 14.5. The van der Waals surface area contributed by atoms with E-state index in [0.717, 1.165) is 6.54 Å². The first-order valence-corrected chi connectivity index (χ1v) is 4.20. The van der Waals surface area contributed by atoms with E-state index in [9.17, 15) is 0 Å². The predicted octanol–water partition coefficient (Wildman–Crippen LogP) is 0.199.